The lowest BCUT2D eigenvalue weighted by molar-refractivity contribution is 0.259. The van der Waals surface area contributed by atoms with E-state index in [2.05, 4.69) is 64.5 Å². The van der Waals surface area contributed by atoms with E-state index in [1.165, 1.54) is 18.4 Å². The Balaban J connectivity index is 1.35. The van der Waals surface area contributed by atoms with Gasteiger partial charge in [0.2, 0.25) is 0 Å². The Kier molecular flexibility index (Phi) is 4.56. The summed E-state index contributed by atoms with van der Waals surface area (Å²) in [7, 11) is 0. The Morgan fingerprint density at radius 3 is 2.75 bits per heavy atom. The molecule has 0 radical (unpaired) electrons. The average molecular weight is 324 g/mol. The van der Waals surface area contributed by atoms with Crippen LogP contribution < -0.4 is 5.32 Å². The van der Waals surface area contributed by atoms with E-state index in [9.17, 15) is 0 Å². The van der Waals surface area contributed by atoms with Crippen molar-refractivity contribution >= 4 is 5.96 Å². The lowest BCUT2D eigenvalue weighted by atomic mass is 10.1. The van der Waals surface area contributed by atoms with Gasteiger partial charge >= 0.3 is 0 Å². The molecule has 1 aliphatic carbocycles. The molecule has 1 aromatic rings. The van der Waals surface area contributed by atoms with Gasteiger partial charge in [0.05, 0.1) is 0 Å². The molecule has 4 rings (SSSR count). The molecule has 3 aliphatic rings. The third-order valence-electron chi connectivity index (χ3n) is 5.47. The first-order valence-electron chi connectivity index (χ1n) is 9.35. The Morgan fingerprint density at radius 2 is 2.00 bits per heavy atom. The summed E-state index contributed by atoms with van der Waals surface area (Å²) < 4.78 is 0. The number of nitrogens with zero attached hydrogens (tertiary/aromatic N) is 3. The number of hydrogen-bond donors (Lipinski definition) is 1. The molecule has 4 heteroatoms. The van der Waals surface area contributed by atoms with Crippen LogP contribution in [0.15, 0.2) is 47.5 Å². The molecule has 0 bridgehead atoms. The van der Waals surface area contributed by atoms with Crippen LogP contribution in [0.2, 0.25) is 0 Å². The molecule has 0 aromatic heterocycles. The molecular weight excluding hydrogens is 296 g/mol. The van der Waals surface area contributed by atoms with Gasteiger partial charge in [-0.15, -0.1) is 0 Å². The molecule has 3 atom stereocenters. The minimum atomic E-state index is 0.546. The van der Waals surface area contributed by atoms with Gasteiger partial charge in [0, 0.05) is 50.7 Å². The first-order valence-corrected chi connectivity index (χ1v) is 9.35. The highest BCUT2D eigenvalue weighted by atomic mass is 15.4. The summed E-state index contributed by atoms with van der Waals surface area (Å²) in [4.78, 5) is 9.81. The van der Waals surface area contributed by atoms with Gasteiger partial charge in [-0.3, -0.25) is 9.89 Å². The van der Waals surface area contributed by atoms with Gasteiger partial charge < -0.3 is 10.2 Å². The number of likely N-dealkylation sites (tertiary alicyclic amines) is 1. The first-order chi connectivity index (χ1) is 11.8. The fraction of sp³-hybridized carbons (Fsp3) is 0.550. The smallest absolute Gasteiger partial charge is 0.194 e. The van der Waals surface area contributed by atoms with Crippen molar-refractivity contribution in [3.05, 3.63) is 48.0 Å². The SMILES string of the molecule is CCN=C(NC1CC1c1ccccc1)N1CCC(N2CC=CC2)C1. The van der Waals surface area contributed by atoms with E-state index in [0.29, 0.717) is 18.0 Å². The number of hydrogen-bond acceptors (Lipinski definition) is 2. The second kappa shape index (κ2) is 6.98. The predicted octanol–water partition coefficient (Wildman–Crippen LogP) is 2.45. The number of guanidine groups is 1. The zero-order chi connectivity index (χ0) is 16.4. The average Bonchev–Trinajstić information content (AvgIpc) is 3.04. The Hall–Kier alpha value is -1.81. The van der Waals surface area contributed by atoms with Crippen LogP contribution in [-0.4, -0.2) is 60.6 Å². The van der Waals surface area contributed by atoms with Crippen molar-refractivity contribution in [2.24, 2.45) is 4.99 Å². The molecule has 1 aromatic carbocycles. The largest absolute Gasteiger partial charge is 0.353 e. The number of rotatable bonds is 4. The molecule has 24 heavy (non-hydrogen) atoms. The molecule has 0 spiro atoms. The summed E-state index contributed by atoms with van der Waals surface area (Å²) in [5.41, 5.74) is 1.45. The zero-order valence-corrected chi connectivity index (χ0v) is 14.6. The van der Waals surface area contributed by atoms with Gasteiger partial charge in [-0.25, -0.2) is 0 Å². The molecule has 2 aliphatic heterocycles. The summed E-state index contributed by atoms with van der Waals surface area (Å²) in [6.07, 6.45) is 7.05. The second-order valence-electron chi connectivity index (χ2n) is 7.12. The van der Waals surface area contributed by atoms with E-state index in [1.807, 2.05) is 0 Å². The Labute approximate surface area is 145 Å². The molecule has 128 valence electrons. The predicted molar refractivity (Wildman–Crippen MR) is 99.4 cm³/mol. The Morgan fingerprint density at radius 1 is 1.21 bits per heavy atom. The summed E-state index contributed by atoms with van der Waals surface area (Å²) in [6, 6.07) is 12.1. The van der Waals surface area contributed by atoms with Crippen molar-refractivity contribution in [3.8, 4) is 0 Å². The maximum atomic E-state index is 4.77. The molecule has 1 saturated heterocycles. The first kappa shape index (κ1) is 15.7. The minimum Gasteiger partial charge on any atom is -0.353 e. The number of nitrogens with one attached hydrogen (secondary N) is 1. The van der Waals surface area contributed by atoms with E-state index in [0.717, 1.165) is 38.7 Å². The molecule has 1 N–H and O–H groups in total. The molecule has 2 heterocycles. The summed E-state index contributed by atoms with van der Waals surface area (Å²) in [6.45, 7) is 7.43. The third kappa shape index (κ3) is 3.34. The van der Waals surface area contributed by atoms with E-state index in [-0.39, 0.29) is 0 Å². The van der Waals surface area contributed by atoms with Crippen molar-refractivity contribution in [1.82, 2.24) is 15.1 Å². The summed E-state index contributed by atoms with van der Waals surface area (Å²) in [5, 5.41) is 3.74. The standard InChI is InChI=1S/C20H28N4/c1-2-21-20(22-19-14-18(19)16-8-4-3-5-9-16)24-13-10-17(15-24)23-11-6-7-12-23/h3-9,17-19H,2,10-15H2,1H3,(H,21,22). The monoisotopic (exact) mass is 324 g/mol. The number of benzene rings is 1. The molecule has 1 saturated carbocycles. The van der Waals surface area contributed by atoms with Gasteiger partial charge in [-0.05, 0) is 25.3 Å². The zero-order valence-electron chi connectivity index (χ0n) is 14.6. The van der Waals surface area contributed by atoms with Crippen molar-refractivity contribution < 1.29 is 0 Å². The van der Waals surface area contributed by atoms with E-state index >= 15 is 0 Å². The van der Waals surface area contributed by atoms with E-state index in [4.69, 9.17) is 4.99 Å². The van der Waals surface area contributed by atoms with Gasteiger partial charge in [0.1, 0.15) is 0 Å². The third-order valence-corrected chi connectivity index (χ3v) is 5.47. The van der Waals surface area contributed by atoms with E-state index < -0.39 is 0 Å². The topological polar surface area (TPSA) is 30.9 Å². The van der Waals surface area contributed by atoms with Crippen LogP contribution in [0.3, 0.4) is 0 Å². The van der Waals surface area contributed by atoms with Gasteiger partial charge in [-0.2, -0.15) is 0 Å². The lowest BCUT2D eigenvalue weighted by Gasteiger charge is -2.25. The van der Waals surface area contributed by atoms with Gasteiger partial charge in [0.25, 0.3) is 0 Å². The van der Waals surface area contributed by atoms with Crippen LogP contribution in [0.1, 0.15) is 31.2 Å². The quantitative estimate of drug-likeness (QED) is 0.524. The lowest BCUT2D eigenvalue weighted by Crippen LogP contribution is -2.44. The van der Waals surface area contributed by atoms with Crippen molar-refractivity contribution in [1.29, 1.82) is 0 Å². The molecule has 3 unspecified atom stereocenters. The van der Waals surface area contributed by atoms with Crippen LogP contribution >= 0.6 is 0 Å². The normalized spacial score (nSPS) is 30.1. The van der Waals surface area contributed by atoms with Crippen LogP contribution in [0, 0.1) is 0 Å². The van der Waals surface area contributed by atoms with Crippen LogP contribution in [0.5, 0.6) is 0 Å². The maximum Gasteiger partial charge on any atom is 0.194 e. The van der Waals surface area contributed by atoms with E-state index in [1.54, 1.807) is 0 Å². The van der Waals surface area contributed by atoms with Crippen molar-refractivity contribution in [2.45, 2.75) is 37.8 Å². The molecule has 2 fully saturated rings. The highest BCUT2D eigenvalue weighted by Crippen LogP contribution is 2.40. The fourth-order valence-corrected chi connectivity index (χ4v) is 4.00. The van der Waals surface area contributed by atoms with Crippen molar-refractivity contribution in [3.63, 3.8) is 0 Å². The highest BCUT2D eigenvalue weighted by Gasteiger charge is 2.40. The van der Waals surface area contributed by atoms with Crippen LogP contribution in [0.25, 0.3) is 0 Å². The van der Waals surface area contributed by atoms with Gasteiger partial charge in [-0.1, -0.05) is 42.5 Å². The highest BCUT2D eigenvalue weighted by molar-refractivity contribution is 5.81. The second-order valence-corrected chi connectivity index (χ2v) is 7.12. The molecular formula is C20H28N4. The van der Waals surface area contributed by atoms with Crippen molar-refractivity contribution in [2.75, 3.05) is 32.7 Å². The fourth-order valence-electron chi connectivity index (χ4n) is 4.00. The molecule has 0 amide bonds. The minimum absolute atomic E-state index is 0.546. The maximum absolute atomic E-state index is 4.77. The molecule has 4 nitrogen and oxygen atoms in total. The van der Waals surface area contributed by atoms with Crippen LogP contribution in [-0.2, 0) is 0 Å². The summed E-state index contributed by atoms with van der Waals surface area (Å²) >= 11 is 0. The van der Waals surface area contributed by atoms with Crippen LogP contribution in [0.4, 0.5) is 0 Å². The summed E-state index contributed by atoms with van der Waals surface area (Å²) in [5.74, 6) is 1.77. The Bertz CT molecular complexity index is 601. The van der Waals surface area contributed by atoms with Gasteiger partial charge in [0.15, 0.2) is 5.96 Å². The number of aliphatic imine (C=N–C) groups is 1.